The van der Waals surface area contributed by atoms with Gasteiger partial charge in [-0.15, -0.1) is 0 Å². The zero-order chi connectivity index (χ0) is 14.5. The summed E-state index contributed by atoms with van der Waals surface area (Å²) in [6.45, 7) is 2.13. The number of ether oxygens (including phenoxy) is 1. The Balaban J connectivity index is 2.19. The van der Waals surface area contributed by atoms with Gasteiger partial charge in [-0.1, -0.05) is 18.2 Å². The van der Waals surface area contributed by atoms with E-state index in [4.69, 9.17) is 10.5 Å². The number of nitrogens with one attached hydrogen (secondary N) is 1. The fraction of sp³-hybridized carbons (Fsp3) is 0.286. The van der Waals surface area contributed by atoms with E-state index < -0.39 is 0 Å². The van der Waals surface area contributed by atoms with Gasteiger partial charge in [0.15, 0.2) is 5.82 Å². The highest BCUT2D eigenvalue weighted by atomic mass is 19.1. The minimum Gasteiger partial charge on any atom is -0.384 e. The van der Waals surface area contributed by atoms with Gasteiger partial charge in [-0.05, 0) is 13.0 Å². The molecule has 1 heterocycles. The Hall–Kier alpha value is -2.21. The number of nitrogens with zero attached hydrogens (tertiary/aromatic N) is 2. The maximum absolute atomic E-state index is 13.7. The van der Waals surface area contributed by atoms with E-state index in [-0.39, 0.29) is 18.5 Å². The molecule has 0 saturated heterocycles. The summed E-state index contributed by atoms with van der Waals surface area (Å²) in [6, 6.07) is 7.98. The van der Waals surface area contributed by atoms with Crippen LogP contribution < -0.4 is 11.1 Å². The van der Waals surface area contributed by atoms with Gasteiger partial charge in [-0.3, -0.25) is 0 Å². The van der Waals surface area contributed by atoms with Crippen LogP contribution in [0.3, 0.4) is 0 Å². The van der Waals surface area contributed by atoms with E-state index in [1.807, 2.05) is 6.92 Å². The van der Waals surface area contributed by atoms with Crippen molar-refractivity contribution in [3.05, 3.63) is 47.5 Å². The minimum atomic E-state index is -0.258. The Kier molecular flexibility index (Phi) is 4.47. The molecular weight excluding hydrogens is 259 g/mol. The average molecular weight is 276 g/mol. The van der Waals surface area contributed by atoms with Crippen LogP contribution in [-0.4, -0.2) is 17.1 Å². The Labute approximate surface area is 117 Å². The molecule has 0 spiro atoms. The molecule has 6 heteroatoms. The van der Waals surface area contributed by atoms with Crippen molar-refractivity contribution in [3.63, 3.8) is 0 Å². The van der Waals surface area contributed by atoms with Crippen molar-refractivity contribution < 1.29 is 9.13 Å². The number of rotatable bonds is 5. The molecule has 5 nitrogen and oxygen atoms in total. The number of nitrogens with two attached hydrogens (primary N) is 1. The lowest BCUT2D eigenvalue weighted by Crippen LogP contribution is -2.12. The molecule has 1 aromatic heterocycles. The number of hydrogen-bond acceptors (Lipinski definition) is 5. The number of anilines is 2. The van der Waals surface area contributed by atoms with Gasteiger partial charge in [-0.2, -0.15) is 0 Å². The molecule has 0 aliphatic heterocycles. The van der Waals surface area contributed by atoms with Gasteiger partial charge in [-0.25, -0.2) is 14.4 Å². The molecule has 0 radical (unpaired) electrons. The van der Waals surface area contributed by atoms with Crippen molar-refractivity contribution in [1.29, 1.82) is 0 Å². The van der Waals surface area contributed by atoms with Crippen LogP contribution in [-0.2, 0) is 11.3 Å². The molecule has 1 unspecified atom stereocenters. The van der Waals surface area contributed by atoms with Crippen LogP contribution in [0.1, 0.15) is 24.4 Å². The van der Waals surface area contributed by atoms with E-state index >= 15 is 0 Å². The molecule has 0 aliphatic carbocycles. The highest BCUT2D eigenvalue weighted by Crippen LogP contribution is 2.21. The lowest BCUT2D eigenvalue weighted by molar-refractivity contribution is 0.178. The first-order valence-electron chi connectivity index (χ1n) is 6.23. The number of benzene rings is 1. The molecular formula is C14H17FN4O. The molecule has 1 atom stereocenters. The number of methoxy groups -OCH3 is 1. The third kappa shape index (κ3) is 3.42. The number of halogens is 1. The molecule has 0 bridgehead atoms. The lowest BCUT2D eigenvalue weighted by Gasteiger charge is -2.16. The first kappa shape index (κ1) is 14.2. The monoisotopic (exact) mass is 276 g/mol. The van der Waals surface area contributed by atoms with Gasteiger partial charge in [0, 0.05) is 18.7 Å². The van der Waals surface area contributed by atoms with Gasteiger partial charge >= 0.3 is 0 Å². The second-order valence-electron chi connectivity index (χ2n) is 4.41. The first-order chi connectivity index (χ1) is 9.60. The summed E-state index contributed by atoms with van der Waals surface area (Å²) in [5, 5.41) is 3.11. The lowest BCUT2D eigenvalue weighted by atomic mass is 10.1. The van der Waals surface area contributed by atoms with E-state index in [9.17, 15) is 4.39 Å². The standard InChI is InChI=1S/C14H17FN4O/c1-9(10-5-3-4-6-11(10)15)17-13-7-12(16)18-14(19-13)8-20-2/h3-7,9H,8H2,1-2H3,(H3,16,17,18,19). The topological polar surface area (TPSA) is 73.1 Å². The van der Waals surface area contributed by atoms with Crippen molar-refractivity contribution in [3.8, 4) is 0 Å². The Morgan fingerprint density at radius 1 is 1.35 bits per heavy atom. The van der Waals surface area contributed by atoms with Crippen LogP contribution in [0.15, 0.2) is 30.3 Å². The van der Waals surface area contributed by atoms with Crippen LogP contribution in [0, 0.1) is 5.82 Å². The van der Waals surface area contributed by atoms with Gasteiger partial charge in [0.2, 0.25) is 0 Å². The summed E-state index contributed by atoms with van der Waals surface area (Å²) in [7, 11) is 1.56. The molecule has 0 amide bonds. The summed E-state index contributed by atoms with van der Waals surface area (Å²) in [5.41, 5.74) is 6.28. The van der Waals surface area contributed by atoms with Gasteiger partial charge in [0.25, 0.3) is 0 Å². The van der Waals surface area contributed by atoms with Crippen LogP contribution in [0.4, 0.5) is 16.0 Å². The van der Waals surface area contributed by atoms with Crippen molar-refractivity contribution in [1.82, 2.24) is 9.97 Å². The third-order valence-corrected chi connectivity index (χ3v) is 2.80. The van der Waals surface area contributed by atoms with E-state index in [2.05, 4.69) is 15.3 Å². The summed E-state index contributed by atoms with van der Waals surface area (Å²) < 4.78 is 18.7. The van der Waals surface area contributed by atoms with Crippen LogP contribution in [0.25, 0.3) is 0 Å². The Morgan fingerprint density at radius 2 is 2.10 bits per heavy atom. The summed E-state index contributed by atoms with van der Waals surface area (Å²) >= 11 is 0. The quantitative estimate of drug-likeness (QED) is 0.877. The molecule has 1 aromatic carbocycles. The van der Waals surface area contributed by atoms with E-state index in [1.54, 1.807) is 31.4 Å². The van der Waals surface area contributed by atoms with E-state index in [0.717, 1.165) is 0 Å². The molecule has 106 valence electrons. The van der Waals surface area contributed by atoms with Crippen LogP contribution in [0.2, 0.25) is 0 Å². The number of hydrogen-bond donors (Lipinski definition) is 2. The molecule has 2 rings (SSSR count). The average Bonchev–Trinajstić information content (AvgIpc) is 2.38. The molecule has 0 aliphatic rings. The molecule has 0 saturated carbocycles. The van der Waals surface area contributed by atoms with E-state index in [0.29, 0.717) is 23.0 Å². The predicted molar refractivity (Wildman–Crippen MR) is 75.6 cm³/mol. The molecule has 3 N–H and O–H groups in total. The Morgan fingerprint density at radius 3 is 2.80 bits per heavy atom. The SMILES string of the molecule is COCc1nc(N)cc(NC(C)c2ccccc2F)n1. The predicted octanol–water partition coefficient (Wildman–Crippen LogP) is 2.52. The first-order valence-corrected chi connectivity index (χ1v) is 6.23. The largest absolute Gasteiger partial charge is 0.384 e. The minimum absolute atomic E-state index is 0.235. The number of aromatic nitrogens is 2. The second-order valence-corrected chi connectivity index (χ2v) is 4.41. The normalized spacial score (nSPS) is 12.2. The van der Waals surface area contributed by atoms with Crippen LogP contribution in [0.5, 0.6) is 0 Å². The highest BCUT2D eigenvalue weighted by Gasteiger charge is 2.11. The van der Waals surface area contributed by atoms with Gasteiger partial charge in [0.1, 0.15) is 24.1 Å². The smallest absolute Gasteiger partial charge is 0.158 e. The molecule has 0 fully saturated rings. The second kappa shape index (κ2) is 6.29. The zero-order valence-corrected chi connectivity index (χ0v) is 11.4. The fourth-order valence-electron chi connectivity index (χ4n) is 1.91. The van der Waals surface area contributed by atoms with Crippen LogP contribution >= 0.6 is 0 Å². The fourth-order valence-corrected chi connectivity index (χ4v) is 1.91. The summed E-state index contributed by atoms with van der Waals surface area (Å²) in [5.74, 6) is 1.11. The number of nitrogen functional groups attached to an aromatic ring is 1. The van der Waals surface area contributed by atoms with Gasteiger partial charge < -0.3 is 15.8 Å². The highest BCUT2D eigenvalue weighted by molar-refractivity contribution is 5.46. The Bertz CT molecular complexity index is 591. The maximum Gasteiger partial charge on any atom is 0.158 e. The maximum atomic E-state index is 13.7. The van der Waals surface area contributed by atoms with Crippen molar-refractivity contribution >= 4 is 11.6 Å². The molecule has 2 aromatic rings. The molecule has 20 heavy (non-hydrogen) atoms. The zero-order valence-electron chi connectivity index (χ0n) is 11.4. The van der Waals surface area contributed by atoms with Crippen molar-refractivity contribution in [2.75, 3.05) is 18.2 Å². The summed E-state index contributed by atoms with van der Waals surface area (Å²) in [6.07, 6.45) is 0. The van der Waals surface area contributed by atoms with Crippen molar-refractivity contribution in [2.24, 2.45) is 0 Å². The van der Waals surface area contributed by atoms with Gasteiger partial charge in [0.05, 0.1) is 6.04 Å². The van der Waals surface area contributed by atoms with E-state index in [1.165, 1.54) is 6.07 Å². The summed E-state index contributed by atoms with van der Waals surface area (Å²) in [4.78, 5) is 8.32. The van der Waals surface area contributed by atoms with Crippen molar-refractivity contribution in [2.45, 2.75) is 19.6 Å². The third-order valence-electron chi connectivity index (χ3n) is 2.80.